The number of ether oxygens (including phenoxy) is 1. The van der Waals surface area contributed by atoms with Gasteiger partial charge in [0.25, 0.3) is 5.91 Å². The Labute approximate surface area is 173 Å². The molecule has 0 aliphatic carbocycles. The fourth-order valence-electron chi connectivity index (χ4n) is 3.65. The smallest absolute Gasteiger partial charge is 0.251 e. The van der Waals surface area contributed by atoms with E-state index in [4.69, 9.17) is 16.3 Å². The lowest BCUT2D eigenvalue weighted by molar-refractivity contribution is -0.00537. The Balaban J connectivity index is 1.46. The van der Waals surface area contributed by atoms with E-state index in [2.05, 4.69) is 39.1 Å². The number of nitrogens with one attached hydrogen (secondary N) is 1. The maximum atomic E-state index is 12.3. The number of amides is 1. The summed E-state index contributed by atoms with van der Waals surface area (Å²) < 4.78 is 7.60. The lowest BCUT2D eigenvalue weighted by Gasteiger charge is -2.36. The molecule has 2 aromatic heterocycles. The number of halogens is 1. The van der Waals surface area contributed by atoms with Crippen molar-refractivity contribution in [3.8, 4) is 0 Å². The molecule has 3 heterocycles. The van der Waals surface area contributed by atoms with Gasteiger partial charge in [-0.15, -0.1) is 0 Å². The van der Waals surface area contributed by atoms with Crippen LogP contribution in [-0.2, 0) is 11.3 Å². The predicted octanol–water partition coefficient (Wildman–Crippen LogP) is 2.52. The molecule has 3 aromatic rings. The molecular weight excluding hydrogens is 392 g/mol. The third-order valence-corrected chi connectivity index (χ3v) is 5.06. The Morgan fingerprint density at radius 1 is 1.28 bits per heavy atom. The van der Waals surface area contributed by atoms with E-state index in [0.717, 1.165) is 29.9 Å². The first-order valence-electron chi connectivity index (χ1n) is 9.62. The second-order valence-electron chi connectivity index (χ2n) is 7.23. The minimum atomic E-state index is -0.171. The van der Waals surface area contributed by atoms with Gasteiger partial charge in [0.05, 0.1) is 30.3 Å². The van der Waals surface area contributed by atoms with Gasteiger partial charge in [0.15, 0.2) is 5.65 Å². The van der Waals surface area contributed by atoms with Crippen molar-refractivity contribution >= 4 is 34.4 Å². The number of nitrogens with zero attached hydrogens (tertiary/aromatic N) is 5. The molecule has 0 radical (unpaired) electrons. The van der Waals surface area contributed by atoms with Crippen LogP contribution in [-0.4, -0.2) is 57.5 Å². The van der Waals surface area contributed by atoms with Gasteiger partial charge >= 0.3 is 0 Å². The summed E-state index contributed by atoms with van der Waals surface area (Å²) in [5, 5.41) is 8.78. The summed E-state index contributed by atoms with van der Waals surface area (Å²) >= 11 is 5.95. The summed E-state index contributed by atoms with van der Waals surface area (Å²) in [4.78, 5) is 23.4. The number of hydrogen-bond donors (Lipinski definition) is 1. The Morgan fingerprint density at radius 2 is 2.07 bits per heavy atom. The molecule has 2 atom stereocenters. The van der Waals surface area contributed by atoms with E-state index < -0.39 is 0 Å². The predicted molar refractivity (Wildman–Crippen MR) is 111 cm³/mol. The van der Waals surface area contributed by atoms with E-state index in [1.807, 2.05) is 0 Å². The van der Waals surface area contributed by atoms with Crippen LogP contribution in [0.25, 0.3) is 11.0 Å². The number of carbonyl (C=O) groups excluding carboxylic acids is 1. The number of aromatic nitrogens is 4. The lowest BCUT2D eigenvalue weighted by Crippen LogP contribution is -2.45. The maximum absolute atomic E-state index is 12.3. The third-order valence-electron chi connectivity index (χ3n) is 4.83. The zero-order valence-electron chi connectivity index (χ0n) is 16.4. The lowest BCUT2D eigenvalue weighted by atomic mass is 10.2. The minimum absolute atomic E-state index is 0.139. The molecule has 1 fully saturated rings. The molecule has 0 bridgehead atoms. The van der Waals surface area contributed by atoms with E-state index in [0.29, 0.717) is 23.7 Å². The quantitative estimate of drug-likeness (QED) is 0.690. The Hall–Kier alpha value is -2.71. The second-order valence-corrected chi connectivity index (χ2v) is 7.67. The van der Waals surface area contributed by atoms with Crippen molar-refractivity contribution in [1.29, 1.82) is 0 Å². The number of carbonyl (C=O) groups is 1. The molecule has 1 saturated heterocycles. The van der Waals surface area contributed by atoms with Crippen LogP contribution in [0.15, 0.2) is 36.8 Å². The van der Waals surface area contributed by atoms with E-state index in [9.17, 15) is 4.79 Å². The molecular formula is C20H23ClN6O2. The largest absolute Gasteiger partial charge is 0.372 e. The average molecular weight is 415 g/mol. The second kappa shape index (κ2) is 8.34. The van der Waals surface area contributed by atoms with Crippen LogP contribution in [0, 0.1) is 0 Å². The molecule has 1 amide bonds. The van der Waals surface area contributed by atoms with E-state index >= 15 is 0 Å². The van der Waals surface area contributed by atoms with Crippen molar-refractivity contribution in [3.63, 3.8) is 0 Å². The molecule has 29 heavy (non-hydrogen) atoms. The number of hydrogen-bond acceptors (Lipinski definition) is 6. The zero-order chi connectivity index (χ0) is 20.4. The van der Waals surface area contributed by atoms with E-state index in [-0.39, 0.29) is 18.1 Å². The molecule has 0 unspecified atom stereocenters. The topological polar surface area (TPSA) is 85.2 Å². The zero-order valence-corrected chi connectivity index (χ0v) is 17.1. The third kappa shape index (κ3) is 4.33. The number of anilines is 1. The molecule has 1 aliphatic rings. The van der Waals surface area contributed by atoms with Crippen molar-refractivity contribution in [2.45, 2.75) is 32.6 Å². The van der Waals surface area contributed by atoms with Gasteiger partial charge in [-0.2, -0.15) is 5.10 Å². The van der Waals surface area contributed by atoms with Gasteiger partial charge in [0.2, 0.25) is 0 Å². The molecule has 9 heteroatoms. The summed E-state index contributed by atoms with van der Waals surface area (Å²) in [5.41, 5.74) is 1.28. The van der Waals surface area contributed by atoms with Crippen molar-refractivity contribution in [1.82, 2.24) is 25.1 Å². The van der Waals surface area contributed by atoms with Crippen molar-refractivity contribution in [3.05, 3.63) is 47.4 Å². The molecule has 0 spiro atoms. The Morgan fingerprint density at radius 3 is 2.83 bits per heavy atom. The molecule has 0 saturated carbocycles. The average Bonchev–Trinajstić information content (AvgIpc) is 3.10. The molecule has 1 aromatic carbocycles. The summed E-state index contributed by atoms with van der Waals surface area (Å²) in [6.07, 6.45) is 3.63. The monoisotopic (exact) mass is 414 g/mol. The highest BCUT2D eigenvalue weighted by Gasteiger charge is 2.25. The fourth-order valence-corrected chi connectivity index (χ4v) is 3.84. The number of fused-ring (bicyclic) bond motifs is 1. The standard InChI is InChI=1S/C20H23ClN6O2/c1-13-10-26(11-14(2)29-13)18-17-9-25-27(19(17)24-12-23-18)7-6-22-20(28)15-4-3-5-16(21)8-15/h3-5,8-9,12-14H,6-7,10-11H2,1-2H3,(H,22,28)/t13-,14-/m1/s1. The highest BCUT2D eigenvalue weighted by molar-refractivity contribution is 6.30. The molecule has 1 aliphatic heterocycles. The molecule has 152 valence electrons. The molecule has 4 rings (SSSR count). The van der Waals surface area contributed by atoms with Gasteiger partial charge in [-0.1, -0.05) is 17.7 Å². The Bertz CT molecular complexity index is 1010. The van der Waals surface area contributed by atoms with Gasteiger partial charge in [0.1, 0.15) is 12.1 Å². The summed E-state index contributed by atoms with van der Waals surface area (Å²) in [6.45, 7) is 6.60. The van der Waals surface area contributed by atoms with Crippen molar-refractivity contribution in [2.24, 2.45) is 0 Å². The van der Waals surface area contributed by atoms with E-state index in [1.54, 1.807) is 41.5 Å². The number of benzene rings is 1. The number of morpholine rings is 1. The van der Waals surface area contributed by atoms with Crippen molar-refractivity contribution in [2.75, 3.05) is 24.5 Å². The maximum Gasteiger partial charge on any atom is 0.251 e. The van der Waals surface area contributed by atoms with Crippen LogP contribution >= 0.6 is 11.6 Å². The summed E-state index contributed by atoms with van der Waals surface area (Å²) in [7, 11) is 0. The Kier molecular flexibility index (Phi) is 5.64. The molecule has 1 N–H and O–H groups in total. The van der Waals surface area contributed by atoms with Gasteiger partial charge in [0, 0.05) is 30.2 Å². The number of rotatable bonds is 5. The highest BCUT2D eigenvalue weighted by atomic mass is 35.5. The van der Waals surface area contributed by atoms with Gasteiger partial charge in [-0.05, 0) is 32.0 Å². The SMILES string of the molecule is C[C@@H]1CN(c2ncnc3c2cnn3CCNC(=O)c2cccc(Cl)c2)C[C@@H](C)O1. The van der Waals surface area contributed by atoms with Crippen LogP contribution in [0.3, 0.4) is 0 Å². The first-order valence-corrected chi connectivity index (χ1v) is 9.99. The van der Waals surface area contributed by atoms with E-state index in [1.165, 1.54) is 0 Å². The van der Waals surface area contributed by atoms with Gasteiger partial charge in [-0.3, -0.25) is 4.79 Å². The summed E-state index contributed by atoms with van der Waals surface area (Å²) in [5.74, 6) is 0.696. The van der Waals surface area contributed by atoms with Crippen LogP contribution in [0.5, 0.6) is 0 Å². The normalized spacial score (nSPS) is 19.5. The molecule has 8 nitrogen and oxygen atoms in total. The first kappa shape index (κ1) is 19.6. The first-order chi connectivity index (χ1) is 14.0. The fraction of sp³-hybridized carbons (Fsp3) is 0.400. The highest BCUT2D eigenvalue weighted by Crippen LogP contribution is 2.25. The van der Waals surface area contributed by atoms with Gasteiger partial charge < -0.3 is 15.0 Å². The van der Waals surface area contributed by atoms with Crippen molar-refractivity contribution < 1.29 is 9.53 Å². The van der Waals surface area contributed by atoms with Crippen LogP contribution in [0.1, 0.15) is 24.2 Å². The van der Waals surface area contributed by atoms with Crippen LogP contribution in [0.4, 0.5) is 5.82 Å². The van der Waals surface area contributed by atoms with Crippen LogP contribution < -0.4 is 10.2 Å². The summed E-state index contributed by atoms with van der Waals surface area (Å²) in [6, 6.07) is 6.86. The minimum Gasteiger partial charge on any atom is -0.372 e. The van der Waals surface area contributed by atoms with Gasteiger partial charge in [-0.25, -0.2) is 14.6 Å². The van der Waals surface area contributed by atoms with Crippen LogP contribution in [0.2, 0.25) is 5.02 Å².